The Labute approximate surface area is 167 Å². The van der Waals surface area contributed by atoms with Gasteiger partial charge in [0.2, 0.25) is 6.79 Å². The first kappa shape index (κ1) is 20.4. The number of benzene rings is 1. The number of carbonyl (C=O) groups is 4. The van der Waals surface area contributed by atoms with Crippen molar-refractivity contribution in [3.63, 3.8) is 0 Å². The average Bonchev–Trinajstić information content (AvgIpc) is 3.21. The summed E-state index contributed by atoms with van der Waals surface area (Å²) in [6, 6.07) is 4.86. The second-order valence-corrected chi connectivity index (χ2v) is 7.24. The van der Waals surface area contributed by atoms with Gasteiger partial charge < -0.3 is 24.8 Å². The van der Waals surface area contributed by atoms with Gasteiger partial charge in [0, 0.05) is 19.5 Å². The van der Waals surface area contributed by atoms with Gasteiger partial charge in [-0.25, -0.2) is 4.79 Å². The van der Waals surface area contributed by atoms with Crippen molar-refractivity contribution >= 4 is 23.8 Å². The molecule has 1 aromatic carbocycles. The molecule has 2 N–H and O–H groups in total. The SMILES string of the molecule is CC1(C)NC(=O)N(CCCC(=O)OCC(=O)NCc2ccc3c(c2)OCO3)C1=O. The Kier molecular flexibility index (Phi) is 5.90. The summed E-state index contributed by atoms with van der Waals surface area (Å²) in [4.78, 5) is 48.5. The molecule has 0 atom stereocenters. The van der Waals surface area contributed by atoms with Crippen LogP contribution in [-0.4, -0.2) is 54.2 Å². The van der Waals surface area contributed by atoms with Gasteiger partial charge in [0.05, 0.1) is 0 Å². The first-order valence-electron chi connectivity index (χ1n) is 9.21. The number of imide groups is 1. The predicted octanol–water partition coefficient (Wildman–Crippen LogP) is 0.685. The molecular weight excluding hydrogens is 382 g/mol. The molecule has 1 aromatic rings. The number of rotatable bonds is 8. The average molecular weight is 405 g/mol. The van der Waals surface area contributed by atoms with E-state index in [1.54, 1.807) is 32.0 Å². The zero-order chi connectivity index (χ0) is 21.0. The standard InChI is InChI=1S/C19H23N3O7/c1-19(2)17(25)22(18(26)21-19)7-3-4-16(24)27-10-15(23)20-9-12-5-6-13-14(8-12)29-11-28-13/h5-6,8H,3-4,7,9-11H2,1-2H3,(H,20,23)(H,21,26). The topological polar surface area (TPSA) is 123 Å². The van der Waals surface area contributed by atoms with E-state index in [4.69, 9.17) is 14.2 Å². The third-order valence-electron chi connectivity index (χ3n) is 4.50. The van der Waals surface area contributed by atoms with Crippen LogP contribution in [0.15, 0.2) is 18.2 Å². The summed E-state index contributed by atoms with van der Waals surface area (Å²) in [7, 11) is 0. The summed E-state index contributed by atoms with van der Waals surface area (Å²) in [5.41, 5.74) is -0.112. The molecule has 0 bridgehead atoms. The highest BCUT2D eigenvalue weighted by Gasteiger charge is 2.43. The molecule has 4 amide bonds. The molecule has 0 radical (unpaired) electrons. The van der Waals surface area contributed by atoms with E-state index in [0.29, 0.717) is 11.5 Å². The zero-order valence-corrected chi connectivity index (χ0v) is 16.3. The minimum absolute atomic E-state index is 0.00701. The molecule has 156 valence electrons. The van der Waals surface area contributed by atoms with E-state index in [0.717, 1.165) is 10.5 Å². The van der Waals surface area contributed by atoms with Gasteiger partial charge in [0.1, 0.15) is 5.54 Å². The quantitative estimate of drug-likeness (QED) is 0.482. The van der Waals surface area contributed by atoms with Crippen LogP contribution in [0.3, 0.4) is 0 Å². The van der Waals surface area contributed by atoms with Crippen LogP contribution in [0.1, 0.15) is 32.3 Å². The van der Waals surface area contributed by atoms with Crippen molar-refractivity contribution in [3.8, 4) is 11.5 Å². The number of urea groups is 1. The lowest BCUT2D eigenvalue weighted by atomic mass is 10.1. The zero-order valence-electron chi connectivity index (χ0n) is 16.3. The summed E-state index contributed by atoms with van der Waals surface area (Å²) >= 11 is 0. The summed E-state index contributed by atoms with van der Waals surface area (Å²) in [5, 5.41) is 5.21. The van der Waals surface area contributed by atoms with Gasteiger partial charge >= 0.3 is 12.0 Å². The Balaban J connectivity index is 1.32. The van der Waals surface area contributed by atoms with E-state index in [-0.39, 0.29) is 38.6 Å². The van der Waals surface area contributed by atoms with Crippen LogP contribution in [0.4, 0.5) is 4.79 Å². The van der Waals surface area contributed by atoms with Crippen LogP contribution >= 0.6 is 0 Å². The lowest BCUT2D eigenvalue weighted by Gasteiger charge is -2.15. The molecule has 1 saturated heterocycles. The molecule has 0 saturated carbocycles. The van der Waals surface area contributed by atoms with Crippen LogP contribution in [-0.2, 0) is 25.7 Å². The molecule has 10 nitrogen and oxygen atoms in total. The third kappa shape index (κ3) is 4.95. The number of amides is 4. The number of carbonyl (C=O) groups excluding carboxylic acids is 4. The first-order chi connectivity index (χ1) is 13.8. The van der Waals surface area contributed by atoms with Crippen molar-refractivity contribution < 1.29 is 33.4 Å². The van der Waals surface area contributed by atoms with Crippen molar-refractivity contribution in [1.82, 2.24) is 15.5 Å². The van der Waals surface area contributed by atoms with Crippen molar-refractivity contribution in [2.24, 2.45) is 0 Å². The second-order valence-electron chi connectivity index (χ2n) is 7.24. The highest BCUT2D eigenvalue weighted by molar-refractivity contribution is 6.06. The lowest BCUT2D eigenvalue weighted by molar-refractivity contribution is -0.148. The fourth-order valence-corrected chi connectivity index (χ4v) is 2.92. The van der Waals surface area contributed by atoms with Crippen LogP contribution in [0, 0.1) is 0 Å². The van der Waals surface area contributed by atoms with E-state index in [1.807, 2.05) is 0 Å². The molecule has 2 aliphatic rings. The fraction of sp³-hybridized carbons (Fsp3) is 0.474. The van der Waals surface area contributed by atoms with Crippen molar-refractivity contribution in [3.05, 3.63) is 23.8 Å². The molecule has 10 heteroatoms. The number of fused-ring (bicyclic) bond motifs is 1. The number of hydrogen-bond acceptors (Lipinski definition) is 7. The van der Waals surface area contributed by atoms with E-state index < -0.39 is 30.1 Å². The monoisotopic (exact) mass is 405 g/mol. The summed E-state index contributed by atoms with van der Waals surface area (Å²) in [6.45, 7) is 3.37. The molecule has 0 aromatic heterocycles. The molecule has 0 unspecified atom stereocenters. The highest BCUT2D eigenvalue weighted by Crippen LogP contribution is 2.32. The Hall–Kier alpha value is -3.30. The van der Waals surface area contributed by atoms with E-state index in [9.17, 15) is 19.2 Å². The van der Waals surface area contributed by atoms with Gasteiger partial charge in [-0.2, -0.15) is 0 Å². The predicted molar refractivity (Wildman–Crippen MR) is 98.9 cm³/mol. The van der Waals surface area contributed by atoms with Gasteiger partial charge in [0.15, 0.2) is 18.1 Å². The number of esters is 1. The molecular formula is C19H23N3O7. The number of nitrogens with zero attached hydrogens (tertiary/aromatic N) is 1. The third-order valence-corrected chi connectivity index (χ3v) is 4.50. The van der Waals surface area contributed by atoms with Gasteiger partial charge in [-0.15, -0.1) is 0 Å². The molecule has 2 aliphatic heterocycles. The maximum Gasteiger partial charge on any atom is 0.325 e. The number of nitrogens with one attached hydrogen (secondary N) is 2. The molecule has 3 rings (SSSR count). The summed E-state index contributed by atoms with van der Waals surface area (Å²) < 4.78 is 15.4. The molecule has 2 heterocycles. The van der Waals surface area contributed by atoms with Gasteiger partial charge in [-0.3, -0.25) is 19.3 Å². The maximum absolute atomic E-state index is 12.0. The Morgan fingerprint density at radius 2 is 2.00 bits per heavy atom. The Bertz CT molecular complexity index is 837. The van der Waals surface area contributed by atoms with E-state index >= 15 is 0 Å². The van der Waals surface area contributed by atoms with Gasteiger partial charge in [-0.1, -0.05) is 6.07 Å². The minimum atomic E-state index is -0.937. The molecule has 0 aliphatic carbocycles. The minimum Gasteiger partial charge on any atom is -0.456 e. The first-order valence-corrected chi connectivity index (χ1v) is 9.21. The van der Waals surface area contributed by atoms with Gasteiger partial charge in [-0.05, 0) is 38.0 Å². The largest absolute Gasteiger partial charge is 0.456 e. The van der Waals surface area contributed by atoms with Crippen LogP contribution < -0.4 is 20.1 Å². The Morgan fingerprint density at radius 3 is 2.72 bits per heavy atom. The fourth-order valence-electron chi connectivity index (χ4n) is 2.92. The lowest BCUT2D eigenvalue weighted by Crippen LogP contribution is -2.40. The van der Waals surface area contributed by atoms with Crippen molar-refractivity contribution in [2.45, 2.75) is 38.8 Å². The summed E-state index contributed by atoms with van der Waals surface area (Å²) in [6.07, 6.45) is 0.250. The van der Waals surface area contributed by atoms with Crippen molar-refractivity contribution in [2.75, 3.05) is 19.9 Å². The Morgan fingerprint density at radius 1 is 1.24 bits per heavy atom. The van der Waals surface area contributed by atoms with Crippen molar-refractivity contribution in [1.29, 1.82) is 0 Å². The van der Waals surface area contributed by atoms with Crippen LogP contribution in [0.2, 0.25) is 0 Å². The summed E-state index contributed by atoms with van der Waals surface area (Å²) in [5.74, 6) is -0.0671. The highest BCUT2D eigenvalue weighted by atomic mass is 16.7. The molecule has 0 spiro atoms. The molecule has 29 heavy (non-hydrogen) atoms. The van der Waals surface area contributed by atoms with E-state index in [2.05, 4.69) is 10.6 Å². The smallest absolute Gasteiger partial charge is 0.325 e. The second kappa shape index (κ2) is 8.38. The maximum atomic E-state index is 12.0. The molecule has 1 fully saturated rings. The van der Waals surface area contributed by atoms with Crippen LogP contribution in [0.25, 0.3) is 0 Å². The van der Waals surface area contributed by atoms with Crippen LogP contribution in [0.5, 0.6) is 11.5 Å². The van der Waals surface area contributed by atoms with E-state index in [1.165, 1.54) is 0 Å². The number of ether oxygens (including phenoxy) is 3. The number of hydrogen-bond donors (Lipinski definition) is 2. The van der Waals surface area contributed by atoms with Gasteiger partial charge in [0.25, 0.3) is 11.8 Å². The normalized spacial score (nSPS) is 16.6.